The van der Waals surface area contributed by atoms with Gasteiger partial charge in [0, 0.05) is 11.0 Å². The van der Waals surface area contributed by atoms with E-state index in [-0.39, 0.29) is 17.2 Å². The van der Waals surface area contributed by atoms with Gasteiger partial charge in [-0.05, 0) is 54.1 Å². The van der Waals surface area contributed by atoms with Gasteiger partial charge in [0.1, 0.15) is 11.5 Å². The third-order valence-electron chi connectivity index (χ3n) is 4.35. The first-order valence-electron chi connectivity index (χ1n) is 9.08. The van der Waals surface area contributed by atoms with Crippen molar-refractivity contribution in [2.24, 2.45) is 0 Å². The Morgan fingerprint density at radius 1 is 1.10 bits per heavy atom. The van der Waals surface area contributed by atoms with E-state index in [9.17, 15) is 13.2 Å². The van der Waals surface area contributed by atoms with Crippen LogP contribution in [0, 0.1) is 0 Å². The number of amides is 1. The van der Waals surface area contributed by atoms with E-state index < -0.39 is 16.1 Å². The van der Waals surface area contributed by atoms with Crippen molar-refractivity contribution >= 4 is 31.9 Å². The number of methoxy groups -OCH3 is 1. The van der Waals surface area contributed by atoms with Gasteiger partial charge in [0.25, 0.3) is 0 Å². The number of hydrogen-bond acceptors (Lipinski definition) is 5. The second kappa shape index (κ2) is 9.92. The van der Waals surface area contributed by atoms with Crippen molar-refractivity contribution in [1.29, 1.82) is 0 Å². The maximum Gasteiger partial charge on any atom is 0.241 e. The van der Waals surface area contributed by atoms with E-state index in [1.807, 2.05) is 12.1 Å². The first-order valence-corrected chi connectivity index (χ1v) is 11.4. The Kier molecular flexibility index (Phi) is 7.30. The van der Waals surface area contributed by atoms with Crippen LogP contribution in [0.4, 0.5) is 0 Å². The monoisotopic (exact) mass is 492 g/mol. The number of sulfonamides is 1. The molecule has 1 heterocycles. The number of benzene rings is 2. The van der Waals surface area contributed by atoms with Crippen LogP contribution < -0.4 is 14.8 Å². The van der Waals surface area contributed by atoms with Crippen LogP contribution >= 0.6 is 15.9 Å². The molecule has 0 saturated carbocycles. The molecule has 1 aromatic heterocycles. The molecule has 0 aliphatic carbocycles. The highest BCUT2D eigenvalue weighted by atomic mass is 79.9. The second-order valence-corrected chi connectivity index (χ2v) is 9.10. The number of rotatable bonds is 9. The Labute approximate surface area is 183 Å². The predicted molar refractivity (Wildman–Crippen MR) is 115 cm³/mol. The Morgan fingerprint density at radius 3 is 2.40 bits per heavy atom. The number of carbonyl (C=O) groups excluding carboxylic acids is 1. The van der Waals surface area contributed by atoms with E-state index in [0.29, 0.717) is 12.3 Å². The van der Waals surface area contributed by atoms with Gasteiger partial charge in [-0.15, -0.1) is 0 Å². The van der Waals surface area contributed by atoms with Crippen molar-refractivity contribution in [3.05, 3.63) is 82.7 Å². The lowest BCUT2D eigenvalue weighted by atomic mass is 10.1. The molecule has 0 unspecified atom stereocenters. The summed E-state index contributed by atoms with van der Waals surface area (Å²) in [5.74, 6) is 0.770. The molecule has 0 aliphatic rings. The van der Waals surface area contributed by atoms with Crippen LogP contribution in [0.2, 0.25) is 0 Å². The first kappa shape index (κ1) is 22.1. The van der Waals surface area contributed by atoms with E-state index in [1.165, 1.54) is 18.4 Å². The van der Waals surface area contributed by atoms with Gasteiger partial charge in [-0.3, -0.25) is 4.79 Å². The minimum atomic E-state index is -3.85. The predicted octanol–water partition coefficient (Wildman–Crippen LogP) is 3.78. The zero-order valence-electron chi connectivity index (χ0n) is 16.2. The van der Waals surface area contributed by atoms with Crippen LogP contribution in [0.25, 0.3) is 0 Å². The van der Waals surface area contributed by atoms with Gasteiger partial charge in [0.2, 0.25) is 15.9 Å². The summed E-state index contributed by atoms with van der Waals surface area (Å²) in [6, 6.07) is 16.0. The molecule has 0 bridgehead atoms. The molecule has 3 aromatic rings. The van der Waals surface area contributed by atoms with Gasteiger partial charge in [0.05, 0.1) is 30.7 Å². The van der Waals surface area contributed by atoms with Crippen molar-refractivity contribution in [2.75, 3.05) is 7.11 Å². The molecule has 1 amide bonds. The second-order valence-electron chi connectivity index (χ2n) is 6.47. The van der Waals surface area contributed by atoms with Crippen molar-refractivity contribution in [2.45, 2.75) is 23.9 Å². The SMILES string of the molecule is COc1ccc(CNC(=O)C[C@@H](NS(=O)(=O)c2ccc(Br)cc2)c2ccco2)cc1. The molecule has 0 saturated heterocycles. The Balaban J connectivity index is 1.68. The first-order chi connectivity index (χ1) is 14.4. The quantitative estimate of drug-likeness (QED) is 0.473. The topological polar surface area (TPSA) is 97.6 Å². The fraction of sp³-hybridized carbons (Fsp3) is 0.190. The molecule has 2 N–H and O–H groups in total. The normalized spacial score (nSPS) is 12.3. The molecule has 9 heteroatoms. The largest absolute Gasteiger partial charge is 0.497 e. The van der Waals surface area contributed by atoms with Crippen molar-refractivity contribution in [1.82, 2.24) is 10.0 Å². The fourth-order valence-corrected chi connectivity index (χ4v) is 4.23. The van der Waals surface area contributed by atoms with Gasteiger partial charge >= 0.3 is 0 Å². The average Bonchev–Trinajstić information content (AvgIpc) is 3.27. The molecule has 0 radical (unpaired) electrons. The van der Waals surface area contributed by atoms with Crippen LogP contribution in [0.15, 0.2) is 80.7 Å². The standard InChI is InChI=1S/C21H21BrN2O5S/c1-28-17-8-4-15(5-9-17)14-23-21(25)13-19(20-3-2-12-29-20)24-30(26,27)18-10-6-16(22)7-11-18/h2-12,19,24H,13-14H2,1H3,(H,23,25)/t19-/m1/s1. The number of hydrogen-bond donors (Lipinski definition) is 2. The summed E-state index contributed by atoms with van der Waals surface area (Å²) < 4.78 is 39.3. The van der Waals surface area contributed by atoms with Crippen LogP contribution in [0.5, 0.6) is 5.75 Å². The van der Waals surface area contributed by atoms with Gasteiger partial charge < -0.3 is 14.5 Å². The number of halogens is 1. The zero-order chi connectivity index (χ0) is 21.6. The van der Waals surface area contributed by atoms with E-state index in [0.717, 1.165) is 15.8 Å². The van der Waals surface area contributed by atoms with E-state index in [4.69, 9.17) is 9.15 Å². The fourth-order valence-electron chi connectivity index (χ4n) is 2.76. The number of carbonyl (C=O) groups is 1. The lowest BCUT2D eigenvalue weighted by Crippen LogP contribution is -2.33. The van der Waals surface area contributed by atoms with Crippen LogP contribution in [0.3, 0.4) is 0 Å². The Hall–Kier alpha value is -2.62. The van der Waals surface area contributed by atoms with Gasteiger partial charge in [0.15, 0.2) is 0 Å². The maximum atomic E-state index is 12.8. The lowest BCUT2D eigenvalue weighted by Gasteiger charge is -2.17. The molecule has 30 heavy (non-hydrogen) atoms. The Bertz CT molecular complexity index is 1070. The van der Waals surface area contributed by atoms with Crippen LogP contribution in [0.1, 0.15) is 23.8 Å². The number of ether oxygens (including phenoxy) is 1. The molecule has 0 spiro atoms. The van der Waals surface area contributed by atoms with E-state index in [2.05, 4.69) is 26.0 Å². The summed E-state index contributed by atoms with van der Waals surface area (Å²) in [5, 5.41) is 2.80. The lowest BCUT2D eigenvalue weighted by molar-refractivity contribution is -0.121. The summed E-state index contributed by atoms with van der Waals surface area (Å²) in [5.41, 5.74) is 0.897. The zero-order valence-corrected chi connectivity index (χ0v) is 18.6. The van der Waals surface area contributed by atoms with Gasteiger partial charge in [-0.25, -0.2) is 8.42 Å². The van der Waals surface area contributed by atoms with Gasteiger partial charge in [-0.2, -0.15) is 4.72 Å². The highest BCUT2D eigenvalue weighted by Crippen LogP contribution is 2.22. The van der Waals surface area contributed by atoms with Gasteiger partial charge in [-0.1, -0.05) is 28.1 Å². The highest BCUT2D eigenvalue weighted by molar-refractivity contribution is 9.10. The maximum absolute atomic E-state index is 12.8. The summed E-state index contributed by atoms with van der Waals surface area (Å²) in [4.78, 5) is 12.6. The third-order valence-corrected chi connectivity index (χ3v) is 6.36. The minimum Gasteiger partial charge on any atom is -0.497 e. The summed E-state index contributed by atoms with van der Waals surface area (Å²) in [7, 11) is -2.26. The highest BCUT2D eigenvalue weighted by Gasteiger charge is 2.25. The third kappa shape index (κ3) is 5.94. The van der Waals surface area contributed by atoms with Crippen molar-refractivity contribution in [3.63, 3.8) is 0 Å². The molecular formula is C21H21BrN2O5S. The van der Waals surface area contributed by atoms with Crippen molar-refractivity contribution < 1.29 is 22.4 Å². The molecule has 0 fully saturated rings. The van der Waals surface area contributed by atoms with E-state index in [1.54, 1.807) is 43.5 Å². The number of nitrogens with one attached hydrogen (secondary N) is 2. The summed E-state index contributed by atoms with van der Waals surface area (Å²) in [6.45, 7) is 0.313. The van der Waals surface area contributed by atoms with E-state index >= 15 is 0 Å². The average molecular weight is 493 g/mol. The van der Waals surface area contributed by atoms with Crippen LogP contribution in [-0.4, -0.2) is 21.4 Å². The molecule has 7 nitrogen and oxygen atoms in total. The molecule has 2 aromatic carbocycles. The minimum absolute atomic E-state index is 0.0981. The smallest absolute Gasteiger partial charge is 0.241 e. The summed E-state index contributed by atoms with van der Waals surface area (Å²) >= 11 is 3.28. The molecule has 158 valence electrons. The number of furan rings is 1. The van der Waals surface area contributed by atoms with Crippen LogP contribution in [-0.2, 0) is 21.4 Å². The molecule has 3 rings (SSSR count). The van der Waals surface area contributed by atoms with Crippen molar-refractivity contribution in [3.8, 4) is 5.75 Å². The Morgan fingerprint density at radius 2 is 1.80 bits per heavy atom. The molecular weight excluding hydrogens is 472 g/mol. The molecule has 0 aliphatic heterocycles. The summed E-state index contributed by atoms with van der Waals surface area (Å²) in [6.07, 6.45) is 1.32. The molecule has 1 atom stereocenters.